The average molecular weight is 409 g/mol. The number of rotatable bonds is 4. The molecule has 0 bridgehead atoms. The van der Waals surface area contributed by atoms with E-state index in [1.54, 1.807) is 0 Å². The van der Waals surface area contributed by atoms with Crippen molar-refractivity contribution in [3.63, 3.8) is 0 Å². The first kappa shape index (κ1) is 21.6. The first-order chi connectivity index (χ1) is 13.6. The van der Waals surface area contributed by atoms with Gasteiger partial charge in [0.1, 0.15) is 0 Å². The zero-order valence-corrected chi connectivity index (χ0v) is 18.3. The van der Waals surface area contributed by atoms with Crippen LogP contribution in [0.25, 0.3) is 0 Å². The Labute approximate surface area is 174 Å². The van der Waals surface area contributed by atoms with E-state index in [-0.39, 0.29) is 41.3 Å². The van der Waals surface area contributed by atoms with Gasteiger partial charge in [-0.1, -0.05) is 20.8 Å². The van der Waals surface area contributed by atoms with E-state index >= 15 is 0 Å². The normalized spacial score (nSPS) is 52.9. The van der Waals surface area contributed by atoms with Crippen molar-refractivity contribution in [2.45, 2.75) is 96.9 Å². The van der Waals surface area contributed by atoms with E-state index in [1.165, 1.54) is 0 Å². The fourth-order valence-electron chi connectivity index (χ4n) is 8.68. The van der Waals surface area contributed by atoms with Crippen molar-refractivity contribution in [3.05, 3.63) is 0 Å². The minimum atomic E-state index is -0.748. The van der Waals surface area contributed by atoms with E-state index in [9.17, 15) is 20.1 Å². The lowest BCUT2D eigenvalue weighted by Gasteiger charge is -2.63. The maximum Gasteiger partial charge on any atom is 0.303 e. The van der Waals surface area contributed by atoms with Gasteiger partial charge in [-0.3, -0.25) is 4.79 Å². The molecule has 4 aliphatic rings. The number of aliphatic carboxylic acids is 1. The third-order valence-corrected chi connectivity index (χ3v) is 10.3. The second-order valence-electron chi connectivity index (χ2n) is 11.4. The van der Waals surface area contributed by atoms with Gasteiger partial charge in [0, 0.05) is 6.42 Å². The van der Waals surface area contributed by atoms with Crippen LogP contribution in [0.3, 0.4) is 0 Å². The molecule has 0 aromatic rings. The van der Waals surface area contributed by atoms with Crippen molar-refractivity contribution in [3.8, 4) is 0 Å². The lowest BCUT2D eigenvalue weighted by Crippen LogP contribution is -2.62. The van der Waals surface area contributed by atoms with Crippen LogP contribution in [0.15, 0.2) is 0 Å². The number of carboxylic acids is 1. The smallest absolute Gasteiger partial charge is 0.303 e. The van der Waals surface area contributed by atoms with E-state index < -0.39 is 12.1 Å². The molecular formula is C24H40O5. The zero-order valence-electron chi connectivity index (χ0n) is 18.3. The van der Waals surface area contributed by atoms with Crippen LogP contribution >= 0.6 is 0 Å². The molecule has 0 saturated heterocycles. The summed E-state index contributed by atoms with van der Waals surface area (Å²) >= 11 is 0. The molecular weight excluding hydrogens is 368 g/mol. The molecule has 0 spiro atoms. The van der Waals surface area contributed by atoms with Crippen LogP contribution in [0, 0.1) is 46.3 Å². The van der Waals surface area contributed by atoms with Crippen LogP contribution in [0.5, 0.6) is 0 Å². The van der Waals surface area contributed by atoms with Crippen LogP contribution in [-0.4, -0.2) is 44.7 Å². The van der Waals surface area contributed by atoms with Gasteiger partial charge in [0.15, 0.2) is 0 Å². The Bertz CT molecular complexity index is 637. The van der Waals surface area contributed by atoms with Gasteiger partial charge < -0.3 is 20.4 Å². The Morgan fingerprint density at radius 3 is 2.45 bits per heavy atom. The molecule has 5 heteroatoms. The molecule has 4 aliphatic carbocycles. The molecule has 0 aliphatic heterocycles. The number of hydrogen-bond acceptors (Lipinski definition) is 4. The first-order valence-corrected chi connectivity index (χ1v) is 11.8. The number of aliphatic hydroxyl groups excluding tert-OH is 3. The highest BCUT2D eigenvalue weighted by atomic mass is 16.4. The first-order valence-electron chi connectivity index (χ1n) is 11.8. The van der Waals surface area contributed by atoms with Crippen molar-refractivity contribution in [2.24, 2.45) is 46.3 Å². The molecule has 29 heavy (non-hydrogen) atoms. The van der Waals surface area contributed by atoms with E-state index in [1.807, 2.05) is 0 Å². The zero-order chi connectivity index (χ0) is 21.1. The maximum absolute atomic E-state index is 11.5. The van der Waals surface area contributed by atoms with E-state index in [0.29, 0.717) is 30.1 Å². The van der Waals surface area contributed by atoms with Crippen LogP contribution in [0.2, 0.25) is 0 Å². The molecule has 11 atom stereocenters. The van der Waals surface area contributed by atoms with Gasteiger partial charge in [0.25, 0.3) is 0 Å². The Morgan fingerprint density at radius 1 is 1.03 bits per heavy atom. The summed E-state index contributed by atoms with van der Waals surface area (Å²) in [5.41, 5.74) is -0.143. The van der Waals surface area contributed by atoms with E-state index in [0.717, 1.165) is 44.9 Å². The quantitative estimate of drug-likeness (QED) is 0.571. The summed E-state index contributed by atoms with van der Waals surface area (Å²) in [6.07, 6.45) is 6.00. The molecule has 0 aromatic heterocycles. The van der Waals surface area contributed by atoms with Crippen molar-refractivity contribution >= 4 is 5.97 Å². The topological polar surface area (TPSA) is 98.0 Å². The molecule has 0 amide bonds. The van der Waals surface area contributed by atoms with Crippen LogP contribution < -0.4 is 0 Å². The average Bonchev–Trinajstić information content (AvgIpc) is 3.01. The SMILES string of the molecule is C[C@H](CCC(=O)O)C1CCC2C3C(C[C@H](O)C21C)C1(C)CC[C@@H](O)CC1C[C@H]3O. The van der Waals surface area contributed by atoms with Gasteiger partial charge in [-0.05, 0) is 97.7 Å². The van der Waals surface area contributed by atoms with Crippen LogP contribution in [0.4, 0.5) is 0 Å². The molecule has 4 rings (SSSR count). The van der Waals surface area contributed by atoms with Gasteiger partial charge in [0.2, 0.25) is 0 Å². The van der Waals surface area contributed by atoms with Gasteiger partial charge in [0.05, 0.1) is 18.3 Å². The monoisotopic (exact) mass is 408 g/mol. The minimum Gasteiger partial charge on any atom is -0.481 e. The standard InChI is InChI=1S/C24H40O5/c1-13(4-7-21(28)29)16-5-6-17-22-18(12-20(27)24(16,17)3)23(2)9-8-15(25)10-14(23)11-19(22)26/h13-20,22,25-27H,4-12H2,1-3H3,(H,28,29)/t13-,14?,15-,16?,17?,18?,19-,20+,22?,23?,24?/m1/s1. The van der Waals surface area contributed by atoms with Crippen molar-refractivity contribution in [1.82, 2.24) is 0 Å². The Morgan fingerprint density at radius 2 is 1.76 bits per heavy atom. The number of carboxylic acid groups (broad SMARTS) is 1. The number of aliphatic hydroxyl groups is 3. The highest BCUT2D eigenvalue weighted by Gasteiger charge is 2.65. The summed E-state index contributed by atoms with van der Waals surface area (Å²) in [6, 6.07) is 0. The summed E-state index contributed by atoms with van der Waals surface area (Å²) in [5, 5.41) is 42.0. The minimum absolute atomic E-state index is 0.0957. The van der Waals surface area contributed by atoms with Crippen molar-refractivity contribution in [1.29, 1.82) is 0 Å². The largest absolute Gasteiger partial charge is 0.481 e. The fraction of sp³-hybridized carbons (Fsp3) is 0.958. The molecule has 4 fully saturated rings. The predicted octanol–water partition coefficient (Wildman–Crippen LogP) is 3.45. The highest BCUT2D eigenvalue weighted by molar-refractivity contribution is 5.66. The third-order valence-electron chi connectivity index (χ3n) is 10.3. The fourth-order valence-corrected chi connectivity index (χ4v) is 8.68. The maximum atomic E-state index is 11.5. The summed E-state index contributed by atoms with van der Waals surface area (Å²) < 4.78 is 0. The van der Waals surface area contributed by atoms with Gasteiger partial charge in [-0.25, -0.2) is 0 Å². The molecule has 4 N–H and O–H groups in total. The summed E-state index contributed by atoms with van der Waals surface area (Å²) in [7, 11) is 0. The van der Waals surface area contributed by atoms with Gasteiger partial charge in [-0.2, -0.15) is 0 Å². The molecule has 0 aromatic carbocycles. The summed E-state index contributed by atoms with van der Waals surface area (Å²) in [6.45, 7) is 6.72. The summed E-state index contributed by atoms with van der Waals surface area (Å²) in [4.78, 5) is 11.1. The molecule has 166 valence electrons. The second kappa shape index (κ2) is 7.49. The van der Waals surface area contributed by atoms with E-state index in [4.69, 9.17) is 5.11 Å². The molecule has 7 unspecified atom stereocenters. The molecule has 0 radical (unpaired) electrons. The molecule has 5 nitrogen and oxygen atoms in total. The lowest BCUT2D eigenvalue weighted by atomic mass is 9.43. The predicted molar refractivity (Wildman–Crippen MR) is 110 cm³/mol. The summed E-state index contributed by atoms with van der Waals surface area (Å²) in [5.74, 6) is 0.997. The number of carbonyl (C=O) groups is 1. The second-order valence-corrected chi connectivity index (χ2v) is 11.4. The lowest BCUT2D eigenvalue weighted by molar-refractivity contribution is -0.207. The van der Waals surface area contributed by atoms with Crippen molar-refractivity contribution in [2.75, 3.05) is 0 Å². The Kier molecular flexibility index (Phi) is 5.57. The van der Waals surface area contributed by atoms with Gasteiger partial charge in [-0.15, -0.1) is 0 Å². The Balaban J connectivity index is 1.61. The molecule has 4 saturated carbocycles. The van der Waals surface area contributed by atoms with E-state index in [2.05, 4.69) is 20.8 Å². The third kappa shape index (κ3) is 3.27. The number of hydrogen-bond donors (Lipinski definition) is 4. The van der Waals surface area contributed by atoms with Crippen LogP contribution in [0.1, 0.15) is 78.6 Å². The number of fused-ring (bicyclic) bond motifs is 5. The van der Waals surface area contributed by atoms with Gasteiger partial charge >= 0.3 is 5.97 Å². The highest BCUT2D eigenvalue weighted by Crippen LogP contribution is 2.68. The molecule has 0 heterocycles. The van der Waals surface area contributed by atoms with Crippen LogP contribution in [-0.2, 0) is 4.79 Å². The van der Waals surface area contributed by atoms with Crippen molar-refractivity contribution < 1.29 is 25.2 Å². The Hall–Kier alpha value is -0.650.